The van der Waals surface area contributed by atoms with E-state index in [1.807, 2.05) is 4.72 Å². The summed E-state index contributed by atoms with van der Waals surface area (Å²) in [6, 6.07) is 4.19. The fourth-order valence-corrected chi connectivity index (χ4v) is 2.84. The van der Waals surface area contributed by atoms with Gasteiger partial charge < -0.3 is 5.11 Å². The van der Waals surface area contributed by atoms with Crippen LogP contribution in [0.2, 0.25) is 0 Å². The van der Waals surface area contributed by atoms with Crippen LogP contribution in [0, 0.1) is 17.1 Å². The number of nitrogens with zero attached hydrogens (tertiary/aromatic N) is 1. The Morgan fingerprint density at radius 2 is 2.15 bits per heavy atom. The standard InChI is InChI=1S/C12H13FN2O4S/c1-3-12(2,11(16)17)15-20(18,19)9-4-5-10(13)8(6-9)7-14/h4-6,15H,3H2,1-2H3,(H,16,17). The third kappa shape index (κ3) is 3.12. The largest absolute Gasteiger partial charge is 0.480 e. The predicted molar refractivity (Wildman–Crippen MR) is 67.8 cm³/mol. The van der Waals surface area contributed by atoms with Crippen LogP contribution in [-0.4, -0.2) is 25.0 Å². The molecular formula is C12H13FN2O4S. The number of nitrogens with one attached hydrogen (secondary N) is 1. The quantitative estimate of drug-likeness (QED) is 0.850. The van der Waals surface area contributed by atoms with Gasteiger partial charge >= 0.3 is 5.97 Å². The highest BCUT2D eigenvalue weighted by molar-refractivity contribution is 7.89. The Morgan fingerprint density at radius 3 is 2.60 bits per heavy atom. The molecule has 8 heteroatoms. The van der Waals surface area contributed by atoms with Gasteiger partial charge in [-0.3, -0.25) is 4.79 Å². The number of hydrogen-bond acceptors (Lipinski definition) is 4. The minimum absolute atomic E-state index is 0.0217. The highest BCUT2D eigenvalue weighted by Crippen LogP contribution is 2.18. The van der Waals surface area contributed by atoms with Crippen LogP contribution in [0.5, 0.6) is 0 Å². The van der Waals surface area contributed by atoms with Gasteiger partial charge in [0.1, 0.15) is 17.4 Å². The lowest BCUT2D eigenvalue weighted by atomic mass is 10.0. The van der Waals surface area contributed by atoms with Gasteiger partial charge in [0.2, 0.25) is 10.0 Å². The number of rotatable bonds is 5. The van der Waals surface area contributed by atoms with Gasteiger partial charge in [0.15, 0.2) is 0 Å². The van der Waals surface area contributed by atoms with Crippen LogP contribution in [0.3, 0.4) is 0 Å². The van der Waals surface area contributed by atoms with E-state index < -0.39 is 32.9 Å². The van der Waals surface area contributed by atoms with E-state index in [0.29, 0.717) is 0 Å². The number of carbonyl (C=O) groups is 1. The summed E-state index contributed by atoms with van der Waals surface area (Å²) in [5, 5.41) is 17.7. The molecule has 20 heavy (non-hydrogen) atoms. The summed E-state index contributed by atoms with van der Waals surface area (Å²) in [6.45, 7) is 2.74. The number of nitriles is 1. The molecule has 0 saturated heterocycles. The van der Waals surface area contributed by atoms with E-state index in [1.54, 1.807) is 0 Å². The van der Waals surface area contributed by atoms with Crippen molar-refractivity contribution in [3.05, 3.63) is 29.6 Å². The molecule has 0 saturated carbocycles. The minimum atomic E-state index is -4.17. The van der Waals surface area contributed by atoms with Gasteiger partial charge in [0, 0.05) is 0 Å². The molecule has 1 atom stereocenters. The second kappa shape index (κ2) is 5.56. The van der Waals surface area contributed by atoms with Crippen LogP contribution in [0.1, 0.15) is 25.8 Å². The van der Waals surface area contributed by atoms with Crippen molar-refractivity contribution >= 4 is 16.0 Å². The third-order valence-corrected chi connectivity index (χ3v) is 4.50. The van der Waals surface area contributed by atoms with Crippen molar-refractivity contribution in [3.63, 3.8) is 0 Å². The van der Waals surface area contributed by atoms with Crippen LogP contribution in [0.25, 0.3) is 0 Å². The number of hydrogen-bond donors (Lipinski definition) is 2. The summed E-state index contributed by atoms with van der Waals surface area (Å²) in [5.41, 5.74) is -2.11. The van der Waals surface area contributed by atoms with E-state index >= 15 is 0 Å². The first-order valence-electron chi connectivity index (χ1n) is 5.63. The Labute approximate surface area is 115 Å². The molecule has 1 unspecified atom stereocenters. The van der Waals surface area contributed by atoms with Crippen molar-refractivity contribution in [2.75, 3.05) is 0 Å². The molecule has 0 aliphatic rings. The van der Waals surface area contributed by atoms with Gasteiger partial charge in [0.25, 0.3) is 0 Å². The summed E-state index contributed by atoms with van der Waals surface area (Å²) < 4.78 is 39.4. The second-order valence-corrected chi connectivity index (χ2v) is 6.03. The van der Waals surface area contributed by atoms with Crippen LogP contribution in [0.15, 0.2) is 23.1 Å². The highest BCUT2D eigenvalue weighted by atomic mass is 32.2. The maximum Gasteiger partial charge on any atom is 0.324 e. The molecule has 0 radical (unpaired) electrons. The summed E-state index contributed by atoms with van der Waals surface area (Å²) >= 11 is 0. The van der Waals surface area contributed by atoms with Crippen molar-refractivity contribution in [2.45, 2.75) is 30.7 Å². The summed E-state index contributed by atoms with van der Waals surface area (Å²) in [4.78, 5) is 10.7. The van der Waals surface area contributed by atoms with Crippen LogP contribution in [-0.2, 0) is 14.8 Å². The van der Waals surface area contributed by atoms with E-state index in [1.165, 1.54) is 19.9 Å². The van der Waals surface area contributed by atoms with E-state index in [9.17, 15) is 17.6 Å². The fraction of sp³-hybridized carbons (Fsp3) is 0.333. The molecule has 6 nitrogen and oxygen atoms in total. The molecule has 0 spiro atoms. The summed E-state index contributed by atoms with van der Waals surface area (Å²) in [5.74, 6) is -2.17. The molecule has 108 valence electrons. The molecule has 0 aliphatic carbocycles. The molecule has 1 rings (SSSR count). The van der Waals surface area contributed by atoms with Crippen molar-refractivity contribution < 1.29 is 22.7 Å². The highest BCUT2D eigenvalue weighted by Gasteiger charge is 2.36. The number of aliphatic carboxylic acids is 1. The maximum absolute atomic E-state index is 13.2. The summed E-state index contributed by atoms with van der Waals surface area (Å²) in [7, 11) is -4.17. The van der Waals surface area contributed by atoms with Crippen LogP contribution >= 0.6 is 0 Å². The predicted octanol–water partition coefficient (Wildman–Crippen LogP) is 1.23. The Balaban J connectivity index is 3.25. The topological polar surface area (TPSA) is 107 Å². The number of carboxylic acid groups (broad SMARTS) is 1. The van der Waals surface area contributed by atoms with Crippen LogP contribution < -0.4 is 4.72 Å². The molecular weight excluding hydrogens is 287 g/mol. The first kappa shape index (κ1) is 16.1. The minimum Gasteiger partial charge on any atom is -0.480 e. The van der Waals surface area contributed by atoms with Crippen molar-refractivity contribution in [1.82, 2.24) is 4.72 Å². The fourth-order valence-electron chi connectivity index (χ4n) is 1.38. The zero-order chi connectivity index (χ0) is 15.6. The average Bonchev–Trinajstić information content (AvgIpc) is 2.38. The average molecular weight is 300 g/mol. The van der Waals surface area contributed by atoms with Gasteiger partial charge in [-0.25, -0.2) is 12.8 Å². The van der Waals surface area contributed by atoms with Gasteiger partial charge in [-0.2, -0.15) is 9.98 Å². The first-order valence-corrected chi connectivity index (χ1v) is 7.11. The SMILES string of the molecule is CCC(C)(NS(=O)(=O)c1ccc(F)c(C#N)c1)C(=O)O. The van der Waals surface area contributed by atoms with E-state index in [0.717, 1.165) is 18.2 Å². The normalized spacial score (nSPS) is 14.3. The number of carboxylic acids is 1. The van der Waals surface area contributed by atoms with Gasteiger partial charge in [-0.05, 0) is 31.5 Å². The monoisotopic (exact) mass is 300 g/mol. The second-order valence-electron chi connectivity index (χ2n) is 4.35. The number of benzene rings is 1. The molecule has 0 aromatic heterocycles. The molecule has 0 fully saturated rings. The van der Waals surface area contributed by atoms with Crippen molar-refractivity contribution in [1.29, 1.82) is 5.26 Å². The van der Waals surface area contributed by atoms with E-state index in [2.05, 4.69) is 0 Å². The molecule has 1 aromatic carbocycles. The Hall–Kier alpha value is -1.98. The number of sulfonamides is 1. The molecule has 1 aromatic rings. The number of halogens is 1. The molecule has 0 aliphatic heterocycles. The van der Waals surface area contributed by atoms with Crippen molar-refractivity contribution in [2.24, 2.45) is 0 Å². The Kier molecular flexibility index (Phi) is 4.47. The smallest absolute Gasteiger partial charge is 0.324 e. The molecule has 2 N–H and O–H groups in total. The van der Waals surface area contributed by atoms with Crippen molar-refractivity contribution in [3.8, 4) is 6.07 Å². The maximum atomic E-state index is 13.2. The molecule has 0 bridgehead atoms. The summed E-state index contributed by atoms with van der Waals surface area (Å²) in [6.07, 6.45) is 0.0217. The third-order valence-electron chi connectivity index (χ3n) is 2.91. The molecule has 0 amide bonds. The zero-order valence-electron chi connectivity index (χ0n) is 10.8. The Bertz CT molecular complexity index is 681. The van der Waals surface area contributed by atoms with Crippen LogP contribution in [0.4, 0.5) is 4.39 Å². The van der Waals surface area contributed by atoms with Gasteiger partial charge in [-0.15, -0.1) is 0 Å². The van der Waals surface area contributed by atoms with E-state index in [-0.39, 0.29) is 11.3 Å². The van der Waals surface area contributed by atoms with Gasteiger partial charge in [-0.1, -0.05) is 6.92 Å². The molecule has 0 heterocycles. The Morgan fingerprint density at radius 1 is 1.55 bits per heavy atom. The van der Waals surface area contributed by atoms with Gasteiger partial charge in [0.05, 0.1) is 10.5 Å². The lowest BCUT2D eigenvalue weighted by molar-refractivity contribution is -0.143. The van der Waals surface area contributed by atoms with E-state index in [4.69, 9.17) is 10.4 Å². The lowest BCUT2D eigenvalue weighted by Crippen LogP contribution is -2.51. The lowest BCUT2D eigenvalue weighted by Gasteiger charge is -2.24. The first-order chi connectivity index (χ1) is 9.16. The zero-order valence-corrected chi connectivity index (χ0v) is 11.7.